The smallest absolute Gasteiger partial charge is 0.0702 e. The Bertz CT molecular complexity index is 353. The van der Waals surface area contributed by atoms with E-state index in [0.29, 0.717) is 11.6 Å². The lowest BCUT2D eigenvalue weighted by Gasteiger charge is -2.65. The van der Waals surface area contributed by atoms with Crippen LogP contribution in [0, 0.1) is 23.7 Å². The number of piperidine rings is 1. The van der Waals surface area contributed by atoms with Crippen LogP contribution in [0.1, 0.15) is 51.9 Å². The van der Waals surface area contributed by atoms with Gasteiger partial charge in [-0.05, 0) is 82.1 Å². The molecule has 5 fully saturated rings. The van der Waals surface area contributed by atoms with Crippen molar-refractivity contribution in [1.82, 2.24) is 4.90 Å². The summed E-state index contributed by atoms with van der Waals surface area (Å²) in [6.07, 6.45) is 10.3. The van der Waals surface area contributed by atoms with Crippen LogP contribution in [0.4, 0.5) is 0 Å². The molecule has 2 N–H and O–H groups in total. The minimum atomic E-state index is 0.323. The molecule has 120 valence electrons. The summed E-state index contributed by atoms with van der Waals surface area (Å²) >= 11 is 0. The summed E-state index contributed by atoms with van der Waals surface area (Å²) in [4.78, 5) is 2.80. The number of nitrogens with zero attached hydrogens (tertiary/aromatic N) is 1. The highest BCUT2D eigenvalue weighted by Gasteiger charge is 2.59. The first-order valence-corrected chi connectivity index (χ1v) is 9.33. The first-order chi connectivity index (χ1) is 10.3. The van der Waals surface area contributed by atoms with Crippen molar-refractivity contribution in [2.75, 3.05) is 26.2 Å². The minimum absolute atomic E-state index is 0.323. The van der Waals surface area contributed by atoms with Crippen LogP contribution in [0.3, 0.4) is 0 Å². The first-order valence-electron chi connectivity index (χ1n) is 9.33. The maximum absolute atomic E-state index is 6.46. The van der Waals surface area contributed by atoms with Gasteiger partial charge in [0.15, 0.2) is 0 Å². The predicted molar refractivity (Wildman–Crippen MR) is 85.1 cm³/mol. The van der Waals surface area contributed by atoms with E-state index in [9.17, 15) is 0 Å². The molecule has 1 saturated heterocycles. The number of likely N-dealkylation sites (tertiary alicyclic amines) is 1. The van der Waals surface area contributed by atoms with Gasteiger partial charge in [0.1, 0.15) is 0 Å². The molecule has 4 saturated carbocycles. The van der Waals surface area contributed by atoms with Gasteiger partial charge in [-0.3, -0.25) is 4.90 Å². The molecule has 0 radical (unpaired) electrons. The molecule has 3 heteroatoms. The molecule has 5 rings (SSSR count). The first kappa shape index (κ1) is 14.5. The zero-order chi connectivity index (χ0) is 14.4. The summed E-state index contributed by atoms with van der Waals surface area (Å²) in [5.74, 6) is 3.80. The second-order valence-corrected chi connectivity index (χ2v) is 8.17. The van der Waals surface area contributed by atoms with Gasteiger partial charge in [-0.1, -0.05) is 0 Å². The standard InChI is InChI=1S/C18H32N2O/c1-2-21-17-4-3-5-20(11-17)18(12-19)15-7-13-6-14(9-15)10-16(18)8-13/h13-17H,2-12,19H2,1H3. The molecule has 1 aliphatic heterocycles. The molecule has 0 spiro atoms. The van der Waals surface area contributed by atoms with Gasteiger partial charge < -0.3 is 10.5 Å². The van der Waals surface area contributed by atoms with E-state index in [1.165, 1.54) is 51.5 Å². The van der Waals surface area contributed by atoms with E-state index >= 15 is 0 Å². The van der Waals surface area contributed by atoms with Crippen molar-refractivity contribution in [3.05, 3.63) is 0 Å². The summed E-state index contributed by atoms with van der Waals surface area (Å²) in [6.45, 7) is 6.24. The Hall–Kier alpha value is -0.120. The van der Waals surface area contributed by atoms with Crippen molar-refractivity contribution < 1.29 is 4.74 Å². The van der Waals surface area contributed by atoms with Gasteiger partial charge in [0, 0.05) is 25.2 Å². The van der Waals surface area contributed by atoms with E-state index < -0.39 is 0 Å². The van der Waals surface area contributed by atoms with Crippen LogP contribution in [-0.2, 0) is 4.74 Å². The fourth-order valence-corrected chi connectivity index (χ4v) is 6.67. The van der Waals surface area contributed by atoms with Crippen LogP contribution in [0.15, 0.2) is 0 Å². The van der Waals surface area contributed by atoms with Crippen LogP contribution in [0.2, 0.25) is 0 Å². The highest BCUT2D eigenvalue weighted by molar-refractivity contribution is 5.13. The van der Waals surface area contributed by atoms with Gasteiger partial charge in [0.25, 0.3) is 0 Å². The fourth-order valence-electron chi connectivity index (χ4n) is 6.67. The molecule has 1 atom stereocenters. The summed E-state index contributed by atoms with van der Waals surface area (Å²) in [7, 11) is 0. The zero-order valence-electron chi connectivity index (χ0n) is 13.6. The van der Waals surface area contributed by atoms with E-state index in [2.05, 4.69) is 11.8 Å². The zero-order valence-corrected chi connectivity index (χ0v) is 13.6. The SMILES string of the molecule is CCOC1CCCN(C2(CN)C3CC4CC(C3)CC2C4)C1. The number of ether oxygens (including phenoxy) is 1. The molecule has 0 aromatic carbocycles. The van der Waals surface area contributed by atoms with Crippen molar-refractivity contribution in [2.45, 2.75) is 63.5 Å². The second-order valence-electron chi connectivity index (χ2n) is 8.17. The summed E-state index contributed by atoms with van der Waals surface area (Å²) < 4.78 is 5.96. The highest BCUT2D eigenvalue weighted by Crippen LogP contribution is 2.60. The van der Waals surface area contributed by atoms with E-state index in [1.807, 2.05) is 0 Å². The van der Waals surface area contributed by atoms with Gasteiger partial charge >= 0.3 is 0 Å². The fraction of sp³-hybridized carbons (Fsp3) is 1.00. The number of hydrogen-bond acceptors (Lipinski definition) is 3. The Morgan fingerprint density at radius 1 is 1.10 bits per heavy atom. The van der Waals surface area contributed by atoms with Crippen LogP contribution >= 0.6 is 0 Å². The molecule has 5 aliphatic rings. The molecular formula is C18H32N2O. The number of hydrogen-bond donors (Lipinski definition) is 1. The average Bonchev–Trinajstić information content (AvgIpc) is 2.48. The molecule has 0 aromatic rings. The van der Waals surface area contributed by atoms with E-state index in [4.69, 9.17) is 10.5 Å². The number of nitrogens with two attached hydrogens (primary N) is 1. The Labute approximate surface area is 129 Å². The lowest BCUT2D eigenvalue weighted by Crippen LogP contribution is -2.70. The third kappa shape index (κ3) is 2.19. The van der Waals surface area contributed by atoms with Crippen LogP contribution < -0.4 is 5.73 Å². The minimum Gasteiger partial charge on any atom is -0.377 e. The lowest BCUT2D eigenvalue weighted by molar-refractivity contribution is -0.150. The van der Waals surface area contributed by atoms with E-state index in [-0.39, 0.29) is 0 Å². The van der Waals surface area contributed by atoms with E-state index in [1.54, 1.807) is 0 Å². The Morgan fingerprint density at radius 2 is 1.76 bits per heavy atom. The normalized spacial score (nSPS) is 49.7. The summed E-state index contributed by atoms with van der Waals surface area (Å²) in [6, 6.07) is 0. The van der Waals surface area contributed by atoms with Gasteiger partial charge in [-0.15, -0.1) is 0 Å². The number of rotatable bonds is 4. The molecule has 0 aromatic heterocycles. The van der Waals surface area contributed by atoms with Crippen molar-refractivity contribution in [3.8, 4) is 0 Å². The van der Waals surface area contributed by atoms with Gasteiger partial charge in [0.05, 0.1) is 6.10 Å². The van der Waals surface area contributed by atoms with Gasteiger partial charge in [-0.25, -0.2) is 0 Å². The molecule has 21 heavy (non-hydrogen) atoms. The molecule has 1 unspecified atom stereocenters. The van der Waals surface area contributed by atoms with Crippen LogP contribution in [0.5, 0.6) is 0 Å². The van der Waals surface area contributed by atoms with E-state index in [0.717, 1.165) is 43.4 Å². The monoisotopic (exact) mass is 292 g/mol. The lowest BCUT2D eigenvalue weighted by atomic mass is 9.48. The maximum Gasteiger partial charge on any atom is 0.0702 e. The molecule has 0 amide bonds. The Kier molecular flexibility index (Phi) is 3.79. The molecule has 4 bridgehead atoms. The topological polar surface area (TPSA) is 38.5 Å². The largest absolute Gasteiger partial charge is 0.377 e. The van der Waals surface area contributed by atoms with Crippen molar-refractivity contribution in [2.24, 2.45) is 29.4 Å². The van der Waals surface area contributed by atoms with Crippen molar-refractivity contribution in [3.63, 3.8) is 0 Å². The maximum atomic E-state index is 6.46. The second kappa shape index (κ2) is 5.50. The van der Waals surface area contributed by atoms with Crippen LogP contribution in [-0.4, -0.2) is 42.8 Å². The summed E-state index contributed by atoms with van der Waals surface area (Å²) in [5.41, 5.74) is 6.78. The van der Waals surface area contributed by atoms with Crippen molar-refractivity contribution in [1.29, 1.82) is 0 Å². The quantitative estimate of drug-likeness (QED) is 0.866. The molecule has 1 heterocycles. The average molecular weight is 292 g/mol. The van der Waals surface area contributed by atoms with Gasteiger partial charge in [0.2, 0.25) is 0 Å². The van der Waals surface area contributed by atoms with Crippen molar-refractivity contribution >= 4 is 0 Å². The molecule has 4 aliphatic carbocycles. The Balaban J connectivity index is 1.58. The third-order valence-electron chi connectivity index (χ3n) is 7.25. The van der Waals surface area contributed by atoms with Crippen LogP contribution in [0.25, 0.3) is 0 Å². The third-order valence-corrected chi connectivity index (χ3v) is 7.25. The molecule has 3 nitrogen and oxygen atoms in total. The molecular weight excluding hydrogens is 260 g/mol. The highest BCUT2D eigenvalue weighted by atomic mass is 16.5. The summed E-state index contributed by atoms with van der Waals surface area (Å²) in [5, 5.41) is 0. The Morgan fingerprint density at radius 3 is 2.33 bits per heavy atom. The van der Waals surface area contributed by atoms with Gasteiger partial charge in [-0.2, -0.15) is 0 Å². The predicted octanol–water partition coefficient (Wildman–Crippen LogP) is 2.64.